The lowest BCUT2D eigenvalue weighted by Crippen LogP contribution is -2.26. The lowest BCUT2D eigenvalue weighted by atomic mass is 10.1. The Labute approximate surface area is 59.2 Å². The van der Waals surface area contributed by atoms with Crippen LogP contribution in [0.25, 0.3) is 0 Å². The van der Waals surface area contributed by atoms with Crippen LogP contribution < -0.4 is 0 Å². The summed E-state index contributed by atoms with van der Waals surface area (Å²) in [7, 11) is 0. The summed E-state index contributed by atoms with van der Waals surface area (Å²) in [5.74, 6) is 0. The van der Waals surface area contributed by atoms with Gasteiger partial charge in [-0.1, -0.05) is 6.58 Å². The highest BCUT2D eigenvalue weighted by atomic mass is 16.6. The second-order valence-electron chi connectivity index (χ2n) is 2.76. The Morgan fingerprint density at radius 3 is 3.00 bits per heavy atom. The fraction of sp³-hybridized carbons (Fsp3) is 0.714. The van der Waals surface area contributed by atoms with Gasteiger partial charge in [0.15, 0.2) is 0 Å². The second-order valence-corrected chi connectivity index (χ2v) is 2.76. The Morgan fingerprint density at radius 1 is 1.50 bits per heavy atom. The van der Waals surface area contributed by atoms with Crippen LogP contribution in [0.2, 0.25) is 0 Å². The zero-order chi connectivity index (χ0) is 7.14. The highest BCUT2D eigenvalue weighted by Gasteiger charge is 2.42. The van der Waals surface area contributed by atoms with Crippen LogP contribution in [-0.4, -0.2) is 36.6 Å². The van der Waals surface area contributed by atoms with Crippen molar-refractivity contribution in [1.29, 1.82) is 0 Å². The van der Waals surface area contributed by atoms with Gasteiger partial charge in [-0.3, -0.25) is 0 Å². The Bertz CT molecular complexity index is 166. The van der Waals surface area contributed by atoms with Crippen LogP contribution in [0.15, 0.2) is 12.2 Å². The molecule has 2 rings (SSSR count). The van der Waals surface area contributed by atoms with Crippen LogP contribution in [-0.2, 0) is 9.47 Å². The maximum absolute atomic E-state index is 9.23. The summed E-state index contributed by atoms with van der Waals surface area (Å²) in [6, 6.07) is 0. The van der Waals surface area contributed by atoms with Gasteiger partial charge >= 0.3 is 0 Å². The summed E-state index contributed by atoms with van der Waals surface area (Å²) in [6.45, 7) is 4.69. The number of aliphatic hydroxyl groups excluding tert-OH is 1. The van der Waals surface area contributed by atoms with Crippen LogP contribution in [0.1, 0.15) is 0 Å². The molecule has 3 unspecified atom stereocenters. The predicted octanol–water partition coefficient (Wildman–Crippen LogP) is -0.299. The van der Waals surface area contributed by atoms with Crippen molar-refractivity contribution in [3.8, 4) is 0 Å². The van der Waals surface area contributed by atoms with Crippen LogP contribution in [0, 0.1) is 0 Å². The van der Waals surface area contributed by atoms with Crippen molar-refractivity contribution in [3.05, 3.63) is 12.2 Å². The summed E-state index contributed by atoms with van der Waals surface area (Å²) < 4.78 is 10.5. The molecule has 3 atom stereocenters. The van der Waals surface area contributed by atoms with Crippen LogP contribution in [0.4, 0.5) is 0 Å². The zero-order valence-corrected chi connectivity index (χ0v) is 5.62. The van der Waals surface area contributed by atoms with E-state index in [4.69, 9.17) is 9.47 Å². The van der Waals surface area contributed by atoms with E-state index in [0.29, 0.717) is 13.2 Å². The quantitative estimate of drug-likeness (QED) is 0.472. The summed E-state index contributed by atoms with van der Waals surface area (Å²) in [6.07, 6.45) is -0.647. The van der Waals surface area contributed by atoms with E-state index in [-0.39, 0.29) is 12.2 Å². The molecule has 0 aromatic rings. The highest BCUT2D eigenvalue weighted by Crippen LogP contribution is 2.29. The third-order valence-corrected chi connectivity index (χ3v) is 1.99. The topological polar surface area (TPSA) is 38.7 Å². The molecule has 10 heavy (non-hydrogen) atoms. The van der Waals surface area contributed by atoms with E-state index in [1.165, 1.54) is 0 Å². The van der Waals surface area contributed by atoms with Crippen LogP contribution in [0.3, 0.4) is 0 Å². The molecule has 0 spiro atoms. The standard InChI is InChI=1S/C7H10O3/c1-4-2-9-7-5(8)3-10-6(4)7/h5-8H,1-3H2. The maximum Gasteiger partial charge on any atom is 0.116 e. The molecule has 2 aliphatic heterocycles. The average molecular weight is 142 g/mol. The molecule has 0 aliphatic carbocycles. The number of hydrogen-bond acceptors (Lipinski definition) is 3. The molecule has 0 amide bonds. The lowest BCUT2D eigenvalue weighted by Gasteiger charge is -2.08. The maximum atomic E-state index is 9.23. The van der Waals surface area contributed by atoms with E-state index in [9.17, 15) is 5.11 Å². The van der Waals surface area contributed by atoms with E-state index in [1.54, 1.807) is 0 Å². The van der Waals surface area contributed by atoms with Crippen molar-refractivity contribution in [2.45, 2.75) is 18.3 Å². The van der Waals surface area contributed by atoms with Gasteiger partial charge in [0.2, 0.25) is 0 Å². The van der Waals surface area contributed by atoms with Gasteiger partial charge in [0.05, 0.1) is 13.2 Å². The first-order chi connectivity index (χ1) is 4.79. The Balaban J connectivity index is 2.16. The molecule has 1 N–H and O–H groups in total. The van der Waals surface area contributed by atoms with Gasteiger partial charge < -0.3 is 14.6 Å². The molecule has 2 saturated heterocycles. The van der Waals surface area contributed by atoms with Gasteiger partial charge in [-0.05, 0) is 5.57 Å². The van der Waals surface area contributed by atoms with Gasteiger partial charge in [-0.2, -0.15) is 0 Å². The normalized spacial score (nSPS) is 46.1. The van der Waals surface area contributed by atoms with Gasteiger partial charge in [-0.25, -0.2) is 0 Å². The van der Waals surface area contributed by atoms with Crippen LogP contribution >= 0.6 is 0 Å². The molecule has 2 heterocycles. The van der Waals surface area contributed by atoms with Crippen molar-refractivity contribution in [1.82, 2.24) is 0 Å². The number of rotatable bonds is 0. The van der Waals surface area contributed by atoms with E-state index >= 15 is 0 Å². The molecule has 3 nitrogen and oxygen atoms in total. The van der Waals surface area contributed by atoms with Crippen molar-refractivity contribution in [2.75, 3.05) is 13.2 Å². The predicted molar refractivity (Wildman–Crippen MR) is 34.6 cm³/mol. The van der Waals surface area contributed by atoms with E-state index in [1.807, 2.05) is 0 Å². The molecular formula is C7H10O3. The number of ether oxygens (including phenoxy) is 2. The number of aliphatic hydroxyl groups is 1. The summed E-state index contributed by atoms with van der Waals surface area (Å²) in [5, 5.41) is 9.23. The SMILES string of the molecule is C=C1COC2C(O)COC12. The van der Waals surface area contributed by atoms with Gasteiger partial charge in [0.1, 0.15) is 18.3 Å². The minimum absolute atomic E-state index is 0.0463. The van der Waals surface area contributed by atoms with Gasteiger partial charge in [-0.15, -0.1) is 0 Å². The molecule has 0 aromatic carbocycles. The molecule has 3 heteroatoms. The molecule has 0 bridgehead atoms. The minimum atomic E-state index is -0.454. The molecular weight excluding hydrogens is 132 g/mol. The highest BCUT2D eigenvalue weighted by molar-refractivity contribution is 5.14. The fourth-order valence-electron chi connectivity index (χ4n) is 1.43. The minimum Gasteiger partial charge on any atom is -0.388 e. The summed E-state index contributed by atoms with van der Waals surface area (Å²) >= 11 is 0. The van der Waals surface area contributed by atoms with E-state index in [2.05, 4.69) is 6.58 Å². The van der Waals surface area contributed by atoms with Crippen molar-refractivity contribution >= 4 is 0 Å². The summed E-state index contributed by atoms with van der Waals surface area (Å²) in [5.41, 5.74) is 0.946. The molecule has 0 aromatic heterocycles. The smallest absolute Gasteiger partial charge is 0.116 e. The fourth-order valence-corrected chi connectivity index (χ4v) is 1.43. The van der Waals surface area contributed by atoms with Gasteiger partial charge in [0.25, 0.3) is 0 Å². The lowest BCUT2D eigenvalue weighted by molar-refractivity contribution is 0.0194. The van der Waals surface area contributed by atoms with Gasteiger partial charge in [0, 0.05) is 0 Å². The zero-order valence-electron chi connectivity index (χ0n) is 5.62. The first-order valence-corrected chi connectivity index (χ1v) is 3.38. The van der Waals surface area contributed by atoms with E-state index < -0.39 is 6.10 Å². The second kappa shape index (κ2) is 2.05. The van der Waals surface area contributed by atoms with Crippen molar-refractivity contribution in [3.63, 3.8) is 0 Å². The molecule has 2 aliphatic rings. The van der Waals surface area contributed by atoms with Crippen molar-refractivity contribution < 1.29 is 14.6 Å². The Kier molecular flexibility index (Phi) is 1.30. The first kappa shape index (κ1) is 6.34. The number of hydrogen-bond donors (Lipinski definition) is 1. The molecule has 56 valence electrons. The molecule has 0 saturated carbocycles. The Hall–Kier alpha value is -0.380. The monoisotopic (exact) mass is 142 g/mol. The average Bonchev–Trinajstić information content (AvgIpc) is 2.41. The third kappa shape index (κ3) is 0.714. The molecule has 0 radical (unpaired) electrons. The largest absolute Gasteiger partial charge is 0.388 e. The third-order valence-electron chi connectivity index (χ3n) is 1.99. The molecule has 2 fully saturated rings. The summed E-state index contributed by atoms with van der Waals surface area (Å²) in [4.78, 5) is 0. The number of fused-ring (bicyclic) bond motifs is 1. The van der Waals surface area contributed by atoms with E-state index in [0.717, 1.165) is 5.57 Å². The van der Waals surface area contributed by atoms with Crippen molar-refractivity contribution in [2.24, 2.45) is 0 Å². The van der Waals surface area contributed by atoms with Crippen LogP contribution in [0.5, 0.6) is 0 Å². The Morgan fingerprint density at radius 2 is 2.30 bits per heavy atom. The first-order valence-electron chi connectivity index (χ1n) is 3.38.